The van der Waals surface area contributed by atoms with E-state index >= 15 is 0 Å². The lowest BCUT2D eigenvalue weighted by Gasteiger charge is -2.22. The second-order valence-corrected chi connectivity index (χ2v) is 8.55. The number of hydrogen-bond acceptors (Lipinski definition) is 5. The Morgan fingerprint density at radius 1 is 1.25 bits per heavy atom. The van der Waals surface area contributed by atoms with E-state index in [4.69, 9.17) is 9.47 Å². The van der Waals surface area contributed by atoms with Gasteiger partial charge in [0, 0.05) is 26.2 Å². The summed E-state index contributed by atoms with van der Waals surface area (Å²) in [5, 5.41) is 6.20. The molecule has 1 unspecified atom stereocenters. The van der Waals surface area contributed by atoms with Gasteiger partial charge in [0.1, 0.15) is 5.75 Å². The number of rotatable bonds is 10. The number of hydrogen-bond donors (Lipinski definition) is 3. The van der Waals surface area contributed by atoms with Gasteiger partial charge in [0.05, 0.1) is 25.5 Å². The van der Waals surface area contributed by atoms with Crippen LogP contribution in [0.3, 0.4) is 0 Å². The Labute approximate surface area is 168 Å². The number of guanidine groups is 1. The van der Waals surface area contributed by atoms with Crippen molar-refractivity contribution in [3.63, 3.8) is 0 Å². The molecule has 0 spiro atoms. The molecule has 0 aliphatic carbocycles. The highest BCUT2D eigenvalue weighted by atomic mass is 32.2. The van der Waals surface area contributed by atoms with Crippen molar-refractivity contribution in [3.8, 4) is 5.75 Å². The lowest BCUT2D eigenvalue weighted by molar-refractivity contribution is 0.0200. The zero-order valence-electron chi connectivity index (χ0n) is 16.7. The lowest BCUT2D eigenvalue weighted by Crippen LogP contribution is -2.42. The molecule has 9 heteroatoms. The number of nitrogens with one attached hydrogen (secondary N) is 3. The summed E-state index contributed by atoms with van der Waals surface area (Å²) < 4.78 is 37.7. The van der Waals surface area contributed by atoms with E-state index in [1.165, 1.54) is 0 Å². The van der Waals surface area contributed by atoms with Crippen molar-refractivity contribution in [2.45, 2.75) is 38.8 Å². The third kappa shape index (κ3) is 8.45. The van der Waals surface area contributed by atoms with Crippen LogP contribution in [0.1, 0.15) is 31.7 Å². The Morgan fingerprint density at radius 3 is 2.68 bits per heavy atom. The van der Waals surface area contributed by atoms with Crippen LogP contribution >= 0.6 is 0 Å². The molecule has 1 aromatic carbocycles. The van der Waals surface area contributed by atoms with Gasteiger partial charge in [-0.15, -0.1) is 0 Å². The highest BCUT2D eigenvalue weighted by molar-refractivity contribution is 7.89. The fourth-order valence-corrected chi connectivity index (χ4v) is 3.76. The zero-order valence-corrected chi connectivity index (χ0v) is 17.6. The third-order valence-electron chi connectivity index (χ3n) is 4.39. The number of nitrogens with zero attached hydrogens (tertiary/aromatic N) is 1. The van der Waals surface area contributed by atoms with Crippen molar-refractivity contribution in [1.82, 2.24) is 15.4 Å². The summed E-state index contributed by atoms with van der Waals surface area (Å²) >= 11 is 0. The molecule has 0 bridgehead atoms. The van der Waals surface area contributed by atoms with Gasteiger partial charge in [0.15, 0.2) is 5.96 Å². The van der Waals surface area contributed by atoms with Gasteiger partial charge in [0.2, 0.25) is 10.0 Å². The first-order chi connectivity index (χ1) is 13.5. The monoisotopic (exact) mass is 412 g/mol. The van der Waals surface area contributed by atoms with Crippen LogP contribution in [-0.4, -0.2) is 59.6 Å². The minimum absolute atomic E-state index is 0.0140. The highest BCUT2D eigenvalue weighted by Crippen LogP contribution is 2.12. The van der Waals surface area contributed by atoms with Crippen molar-refractivity contribution >= 4 is 16.0 Å². The van der Waals surface area contributed by atoms with E-state index in [0.29, 0.717) is 32.2 Å². The van der Waals surface area contributed by atoms with E-state index in [9.17, 15) is 8.42 Å². The smallest absolute Gasteiger partial charge is 0.213 e. The average molecular weight is 413 g/mol. The fourth-order valence-electron chi connectivity index (χ4n) is 2.81. The second-order valence-electron chi connectivity index (χ2n) is 6.63. The van der Waals surface area contributed by atoms with Crippen LogP contribution in [0.25, 0.3) is 0 Å². The highest BCUT2D eigenvalue weighted by Gasteiger charge is 2.17. The van der Waals surface area contributed by atoms with Crippen molar-refractivity contribution < 1.29 is 17.9 Å². The molecule has 2 rings (SSSR count). The van der Waals surface area contributed by atoms with Gasteiger partial charge in [0.25, 0.3) is 0 Å². The summed E-state index contributed by atoms with van der Waals surface area (Å²) in [6, 6.07) is 7.68. The standard InChI is InChI=1S/C19H32N4O4S/c1-3-20-19(22-14-16-7-9-17(26-2)10-8-16)21-11-13-28(24,25)23-15-18-6-4-5-12-27-18/h7-10,18,23H,3-6,11-15H2,1-2H3,(H2,20,21,22). The van der Waals surface area contributed by atoms with Crippen LogP contribution in [0.15, 0.2) is 29.3 Å². The SMILES string of the molecule is CCNC(=NCc1ccc(OC)cc1)NCCS(=O)(=O)NCC1CCCCO1. The van der Waals surface area contributed by atoms with Gasteiger partial charge >= 0.3 is 0 Å². The molecule has 1 aromatic rings. The maximum absolute atomic E-state index is 12.2. The Bertz CT molecular complexity index is 701. The van der Waals surface area contributed by atoms with E-state index in [2.05, 4.69) is 20.3 Å². The molecular weight excluding hydrogens is 380 g/mol. The first-order valence-corrected chi connectivity index (χ1v) is 11.4. The quantitative estimate of drug-likeness (QED) is 0.395. The Kier molecular flexibility index (Phi) is 9.52. The van der Waals surface area contributed by atoms with Crippen molar-refractivity contribution in [2.75, 3.05) is 39.1 Å². The zero-order chi connectivity index (χ0) is 20.2. The first kappa shape index (κ1) is 22.4. The average Bonchev–Trinajstić information content (AvgIpc) is 2.71. The van der Waals surface area contributed by atoms with Gasteiger partial charge in [-0.25, -0.2) is 18.1 Å². The van der Waals surface area contributed by atoms with E-state index in [1.54, 1.807) is 7.11 Å². The van der Waals surface area contributed by atoms with Gasteiger partial charge in [-0.2, -0.15) is 0 Å². The summed E-state index contributed by atoms with van der Waals surface area (Å²) in [7, 11) is -1.73. The molecule has 1 saturated heterocycles. The fraction of sp³-hybridized carbons (Fsp3) is 0.632. The third-order valence-corrected chi connectivity index (χ3v) is 5.74. The summed E-state index contributed by atoms with van der Waals surface area (Å²) in [6.07, 6.45) is 3.03. The van der Waals surface area contributed by atoms with Crippen LogP contribution in [0, 0.1) is 0 Å². The Morgan fingerprint density at radius 2 is 2.04 bits per heavy atom. The van der Waals surface area contributed by atoms with Crippen molar-refractivity contribution in [3.05, 3.63) is 29.8 Å². The molecule has 0 saturated carbocycles. The molecule has 1 heterocycles. The number of benzene rings is 1. The largest absolute Gasteiger partial charge is 0.497 e. The topological polar surface area (TPSA) is 101 Å². The van der Waals surface area contributed by atoms with Crippen LogP contribution in [0.4, 0.5) is 0 Å². The Balaban J connectivity index is 1.77. The van der Waals surface area contributed by atoms with Crippen LogP contribution in [-0.2, 0) is 21.3 Å². The van der Waals surface area contributed by atoms with Crippen molar-refractivity contribution in [1.29, 1.82) is 0 Å². The molecule has 0 aromatic heterocycles. The van der Waals surface area contributed by atoms with Crippen LogP contribution in [0.2, 0.25) is 0 Å². The Hall–Kier alpha value is -1.84. The normalized spacial score (nSPS) is 17.9. The number of aliphatic imine (C=N–C) groups is 1. The summed E-state index contributed by atoms with van der Waals surface area (Å²) in [5.41, 5.74) is 1.04. The minimum Gasteiger partial charge on any atom is -0.497 e. The van der Waals surface area contributed by atoms with E-state index < -0.39 is 10.0 Å². The predicted molar refractivity (Wildman–Crippen MR) is 111 cm³/mol. The van der Waals surface area contributed by atoms with Gasteiger partial charge < -0.3 is 20.1 Å². The number of ether oxygens (including phenoxy) is 2. The summed E-state index contributed by atoms with van der Waals surface area (Å²) in [5.74, 6) is 1.37. The minimum atomic E-state index is -3.36. The predicted octanol–water partition coefficient (Wildman–Crippen LogP) is 1.24. The molecule has 158 valence electrons. The molecule has 8 nitrogen and oxygen atoms in total. The van der Waals surface area contributed by atoms with Gasteiger partial charge in [-0.05, 0) is 43.9 Å². The maximum Gasteiger partial charge on any atom is 0.213 e. The van der Waals surface area contributed by atoms with E-state index in [1.807, 2.05) is 31.2 Å². The molecular formula is C19H32N4O4S. The maximum atomic E-state index is 12.2. The van der Waals surface area contributed by atoms with Gasteiger partial charge in [-0.1, -0.05) is 12.1 Å². The molecule has 28 heavy (non-hydrogen) atoms. The van der Waals surface area contributed by atoms with Gasteiger partial charge in [-0.3, -0.25) is 0 Å². The van der Waals surface area contributed by atoms with Crippen LogP contribution in [0.5, 0.6) is 5.75 Å². The van der Waals surface area contributed by atoms with Crippen LogP contribution < -0.4 is 20.1 Å². The summed E-state index contributed by atoms with van der Waals surface area (Å²) in [6.45, 7) is 4.47. The van der Waals surface area contributed by atoms with E-state index in [0.717, 1.165) is 30.6 Å². The summed E-state index contributed by atoms with van der Waals surface area (Å²) in [4.78, 5) is 4.50. The first-order valence-electron chi connectivity index (χ1n) is 9.76. The van der Waals surface area contributed by atoms with E-state index in [-0.39, 0.29) is 18.4 Å². The van der Waals surface area contributed by atoms with Crippen molar-refractivity contribution in [2.24, 2.45) is 4.99 Å². The molecule has 0 amide bonds. The molecule has 3 N–H and O–H groups in total. The molecule has 1 aliphatic heterocycles. The molecule has 1 atom stereocenters. The lowest BCUT2D eigenvalue weighted by atomic mass is 10.1. The number of sulfonamides is 1. The molecule has 1 fully saturated rings. The molecule has 0 radical (unpaired) electrons. The number of methoxy groups -OCH3 is 1. The second kappa shape index (κ2) is 11.9. The molecule has 1 aliphatic rings.